The molecule has 62 valence electrons. The van der Waals surface area contributed by atoms with Gasteiger partial charge in [0, 0.05) is 11.8 Å². The molecule has 0 bridgehead atoms. The van der Waals surface area contributed by atoms with Gasteiger partial charge in [-0.25, -0.2) is 0 Å². The zero-order chi connectivity index (χ0) is 9.19. The van der Waals surface area contributed by atoms with Crippen LogP contribution in [0.2, 0.25) is 0 Å². The van der Waals surface area contributed by atoms with Crippen LogP contribution in [0.4, 0.5) is 0 Å². The van der Waals surface area contributed by atoms with Crippen LogP contribution in [0.5, 0.6) is 0 Å². The summed E-state index contributed by atoms with van der Waals surface area (Å²) in [5.41, 5.74) is 0.223. The number of aromatic nitrogens is 1. The number of hydrogen-bond acceptors (Lipinski definition) is 2. The van der Waals surface area contributed by atoms with Gasteiger partial charge in [-0.2, -0.15) is 0 Å². The Morgan fingerprint density at radius 2 is 2.25 bits per heavy atom. The molecule has 0 aliphatic carbocycles. The molecule has 0 saturated heterocycles. The van der Waals surface area contributed by atoms with Crippen molar-refractivity contribution in [3.8, 4) is 12.3 Å². The second-order valence-electron chi connectivity index (χ2n) is 3.10. The van der Waals surface area contributed by atoms with Gasteiger partial charge in [-0.1, -0.05) is 5.92 Å². The predicted octanol–water partition coefficient (Wildman–Crippen LogP) is 1.29. The number of pyridine rings is 1. The normalized spacial score (nSPS) is 10.8. The number of nitrogens with zero attached hydrogens (tertiary/aromatic N) is 1. The molecule has 12 heavy (non-hydrogen) atoms. The van der Waals surface area contributed by atoms with Gasteiger partial charge in [-0.05, 0) is 26.0 Å². The first-order valence-electron chi connectivity index (χ1n) is 3.70. The molecule has 1 rings (SSSR count). The predicted molar refractivity (Wildman–Crippen MR) is 47.4 cm³/mol. The molecule has 0 radical (unpaired) electrons. The van der Waals surface area contributed by atoms with Crippen LogP contribution in [0.15, 0.2) is 18.3 Å². The van der Waals surface area contributed by atoms with Crippen LogP contribution in [-0.2, 0) is 5.60 Å². The van der Waals surface area contributed by atoms with Crippen molar-refractivity contribution in [1.29, 1.82) is 0 Å². The summed E-state index contributed by atoms with van der Waals surface area (Å²) >= 11 is 0. The quantitative estimate of drug-likeness (QED) is 0.629. The first kappa shape index (κ1) is 8.76. The Morgan fingerprint density at radius 1 is 1.58 bits per heavy atom. The van der Waals surface area contributed by atoms with Gasteiger partial charge < -0.3 is 5.11 Å². The van der Waals surface area contributed by atoms with E-state index in [1.807, 2.05) is 0 Å². The van der Waals surface area contributed by atoms with E-state index in [2.05, 4.69) is 10.9 Å². The Bertz CT molecular complexity index is 317. The molecule has 1 N–H and O–H groups in total. The lowest BCUT2D eigenvalue weighted by molar-refractivity contribution is 0.0736. The third-order valence-electron chi connectivity index (χ3n) is 1.54. The van der Waals surface area contributed by atoms with E-state index in [1.165, 1.54) is 0 Å². The number of rotatable bonds is 1. The van der Waals surface area contributed by atoms with Crippen molar-refractivity contribution in [3.63, 3.8) is 0 Å². The third-order valence-corrected chi connectivity index (χ3v) is 1.54. The maximum Gasteiger partial charge on any atom is 0.102 e. The Balaban J connectivity index is 3.26. The van der Waals surface area contributed by atoms with E-state index in [0.717, 1.165) is 0 Å². The minimum absolute atomic E-state index is 0.549. The van der Waals surface area contributed by atoms with Crippen molar-refractivity contribution in [2.24, 2.45) is 0 Å². The fourth-order valence-corrected chi connectivity index (χ4v) is 1.01. The molecule has 0 aliphatic rings. The lowest BCUT2D eigenvalue weighted by Gasteiger charge is -2.17. The first-order chi connectivity index (χ1) is 5.55. The highest BCUT2D eigenvalue weighted by molar-refractivity contribution is 5.37. The number of hydrogen-bond donors (Lipinski definition) is 1. The molecule has 2 nitrogen and oxygen atoms in total. The van der Waals surface area contributed by atoms with Gasteiger partial charge in [0.15, 0.2) is 0 Å². The highest BCUT2D eigenvalue weighted by Crippen LogP contribution is 2.19. The second-order valence-corrected chi connectivity index (χ2v) is 3.10. The summed E-state index contributed by atoms with van der Waals surface area (Å²) in [5.74, 6) is 2.48. The summed E-state index contributed by atoms with van der Waals surface area (Å²) in [6, 6.07) is 3.52. The Hall–Kier alpha value is -1.33. The van der Waals surface area contributed by atoms with Gasteiger partial charge in [0.2, 0.25) is 0 Å². The molecule has 0 aromatic carbocycles. The average molecular weight is 161 g/mol. The van der Waals surface area contributed by atoms with E-state index in [-0.39, 0.29) is 0 Å². The van der Waals surface area contributed by atoms with Crippen molar-refractivity contribution in [2.45, 2.75) is 19.4 Å². The van der Waals surface area contributed by atoms with Crippen LogP contribution in [-0.4, -0.2) is 10.1 Å². The van der Waals surface area contributed by atoms with Crippen LogP contribution in [0, 0.1) is 12.3 Å². The van der Waals surface area contributed by atoms with Gasteiger partial charge in [0.05, 0.1) is 5.69 Å². The second kappa shape index (κ2) is 2.96. The molecule has 1 aromatic heterocycles. The lowest BCUT2D eigenvalue weighted by atomic mass is 10.00. The Morgan fingerprint density at radius 3 is 2.67 bits per heavy atom. The molecule has 2 heteroatoms. The third kappa shape index (κ3) is 1.63. The number of aliphatic hydroxyl groups is 1. The molecule has 0 unspecified atom stereocenters. The van der Waals surface area contributed by atoms with Crippen molar-refractivity contribution < 1.29 is 5.11 Å². The van der Waals surface area contributed by atoms with Gasteiger partial charge in [0.25, 0.3) is 0 Å². The maximum atomic E-state index is 9.64. The van der Waals surface area contributed by atoms with Crippen LogP contribution in [0.25, 0.3) is 0 Å². The highest BCUT2D eigenvalue weighted by Gasteiger charge is 2.20. The SMILES string of the molecule is C#Cc1cccnc1C(C)(C)O. The van der Waals surface area contributed by atoms with E-state index in [0.29, 0.717) is 11.3 Å². The minimum atomic E-state index is -0.969. The summed E-state index contributed by atoms with van der Waals surface area (Å²) in [6.07, 6.45) is 6.87. The van der Waals surface area contributed by atoms with Crippen molar-refractivity contribution in [3.05, 3.63) is 29.6 Å². The van der Waals surface area contributed by atoms with Crippen molar-refractivity contribution in [1.82, 2.24) is 4.98 Å². The summed E-state index contributed by atoms with van der Waals surface area (Å²) in [7, 11) is 0. The zero-order valence-corrected chi connectivity index (χ0v) is 7.20. The molecular weight excluding hydrogens is 150 g/mol. The average Bonchev–Trinajstić information content (AvgIpc) is 2.03. The summed E-state index contributed by atoms with van der Waals surface area (Å²) in [6.45, 7) is 3.33. The standard InChI is InChI=1S/C10H11NO/c1-4-8-6-5-7-11-9(8)10(2,3)12/h1,5-7,12H,2-3H3. The van der Waals surface area contributed by atoms with E-state index in [1.54, 1.807) is 32.2 Å². The summed E-state index contributed by atoms with van der Waals surface area (Å²) < 4.78 is 0. The summed E-state index contributed by atoms with van der Waals surface area (Å²) in [4.78, 5) is 4.03. The van der Waals surface area contributed by atoms with Gasteiger partial charge in [-0.3, -0.25) is 4.98 Å². The largest absolute Gasteiger partial charge is 0.384 e. The first-order valence-corrected chi connectivity index (χ1v) is 3.70. The van der Waals surface area contributed by atoms with Gasteiger partial charge in [0.1, 0.15) is 5.60 Å². The molecular formula is C10H11NO. The smallest absolute Gasteiger partial charge is 0.102 e. The van der Waals surface area contributed by atoms with Gasteiger partial charge >= 0.3 is 0 Å². The molecule has 0 spiro atoms. The fraction of sp³-hybridized carbons (Fsp3) is 0.300. The zero-order valence-electron chi connectivity index (χ0n) is 7.20. The van der Waals surface area contributed by atoms with E-state index in [9.17, 15) is 5.11 Å². The molecule has 1 aromatic rings. The Labute approximate surface area is 72.3 Å². The van der Waals surface area contributed by atoms with Crippen LogP contribution in [0.1, 0.15) is 25.1 Å². The molecule has 0 amide bonds. The van der Waals surface area contributed by atoms with E-state index >= 15 is 0 Å². The van der Waals surface area contributed by atoms with Crippen LogP contribution < -0.4 is 0 Å². The fourth-order valence-electron chi connectivity index (χ4n) is 1.01. The molecule has 0 saturated carbocycles. The molecule has 0 fully saturated rings. The van der Waals surface area contributed by atoms with E-state index in [4.69, 9.17) is 6.42 Å². The van der Waals surface area contributed by atoms with Crippen LogP contribution in [0.3, 0.4) is 0 Å². The van der Waals surface area contributed by atoms with Crippen molar-refractivity contribution >= 4 is 0 Å². The Kier molecular flexibility index (Phi) is 2.16. The summed E-state index contributed by atoms with van der Waals surface area (Å²) in [5, 5.41) is 9.64. The maximum absolute atomic E-state index is 9.64. The topological polar surface area (TPSA) is 33.1 Å². The molecule has 0 atom stereocenters. The lowest BCUT2D eigenvalue weighted by Crippen LogP contribution is -2.19. The molecule has 1 heterocycles. The number of terminal acetylenes is 1. The molecule has 0 aliphatic heterocycles. The van der Waals surface area contributed by atoms with Gasteiger partial charge in [-0.15, -0.1) is 6.42 Å². The van der Waals surface area contributed by atoms with Crippen molar-refractivity contribution in [2.75, 3.05) is 0 Å². The minimum Gasteiger partial charge on any atom is -0.384 e. The highest BCUT2D eigenvalue weighted by atomic mass is 16.3. The monoisotopic (exact) mass is 161 g/mol. The van der Waals surface area contributed by atoms with Crippen LogP contribution >= 0.6 is 0 Å². The van der Waals surface area contributed by atoms with E-state index < -0.39 is 5.60 Å².